The fourth-order valence-corrected chi connectivity index (χ4v) is 3.62. The maximum absolute atomic E-state index is 12.5. The van der Waals surface area contributed by atoms with Gasteiger partial charge in [0.2, 0.25) is 0 Å². The Morgan fingerprint density at radius 3 is 2.42 bits per heavy atom. The molecule has 4 amide bonds. The van der Waals surface area contributed by atoms with Crippen LogP contribution >= 0.6 is 11.3 Å². The Bertz CT molecular complexity index is 889. The van der Waals surface area contributed by atoms with Gasteiger partial charge in [-0.15, -0.1) is 11.3 Å². The van der Waals surface area contributed by atoms with Gasteiger partial charge in [-0.1, -0.05) is 29.8 Å². The largest absolute Gasteiger partial charge is 0.334 e. The third-order valence-corrected chi connectivity index (χ3v) is 5.22. The number of ketones is 1. The van der Waals surface area contributed by atoms with E-state index in [0.717, 1.165) is 25.8 Å². The van der Waals surface area contributed by atoms with Crippen molar-refractivity contribution in [2.45, 2.75) is 20.3 Å². The minimum atomic E-state index is -0.945. The van der Waals surface area contributed by atoms with Gasteiger partial charge in [0, 0.05) is 23.4 Å². The van der Waals surface area contributed by atoms with Crippen molar-refractivity contribution in [2.24, 2.45) is 0 Å². The number of aryl methyl sites for hydroxylation is 2. The third-order valence-electron chi connectivity index (χ3n) is 4.28. The molecule has 1 saturated heterocycles. The zero-order chi connectivity index (χ0) is 18.8. The molecule has 1 fully saturated rings. The number of carbonyl (C=O) groups excluding carboxylic acids is 4. The molecule has 0 bridgehead atoms. The molecule has 0 spiro atoms. The molecule has 26 heavy (non-hydrogen) atoms. The predicted molar refractivity (Wildman–Crippen MR) is 97.1 cm³/mol. The fraction of sp³-hybridized carbons (Fsp3) is 0.263. The molecule has 134 valence electrons. The second-order valence-corrected chi connectivity index (χ2v) is 7.23. The number of rotatable bonds is 6. The topological polar surface area (TPSA) is 74.8 Å². The van der Waals surface area contributed by atoms with Gasteiger partial charge in [-0.05, 0) is 30.9 Å². The molecular formula is C19H18N2O4S. The van der Waals surface area contributed by atoms with Crippen molar-refractivity contribution < 1.29 is 19.2 Å². The second-order valence-electron chi connectivity index (χ2n) is 6.20. The van der Waals surface area contributed by atoms with E-state index in [1.165, 1.54) is 11.3 Å². The van der Waals surface area contributed by atoms with Crippen LogP contribution in [-0.2, 0) is 16.0 Å². The molecule has 1 aliphatic heterocycles. The summed E-state index contributed by atoms with van der Waals surface area (Å²) < 4.78 is 0. The van der Waals surface area contributed by atoms with Gasteiger partial charge in [-0.3, -0.25) is 19.3 Å². The molecule has 7 heteroatoms. The van der Waals surface area contributed by atoms with E-state index in [9.17, 15) is 19.2 Å². The Labute approximate surface area is 155 Å². The highest BCUT2D eigenvalue weighted by Gasteiger charge is 2.44. The first kappa shape index (κ1) is 18.0. The minimum Gasteiger partial charge on any atom is -0.292 e. The molecule has 3 rings (SSSR count). The van der Waals surface area contributed by atoms with Gasteiger partial charge in [0.15, 0.2) is 5.78 Å². The van der Waals surface area contributed by atoms with Crippen molar-refractivity contribution in [3.63, 3.8) is 0 Å². The molecule has 0 saturated carbocycles. The molecule has 6 nitrogen and oxygen atoms in total. The van der Waals surface area contributed by atoms with E-state index >= 15 is 0 Å². The lowest BCUT2D eigenvalue weighted by atomic mass is 10.0. The highest BCUT2D eigenvalue weighted by Crippen LogP contribution is 2.17. The molecular weight excluding hydrogens is 352 g/mol. The number of benzene rings is 1. The number of carbonyl (C=O) groups is 4. The summed E-state index contributed by atoms with van der Waals surface area (Å²) in [6.07, 6.45) is 0.487. The Balaban J connectivity index is 1.71. The maximum atomic E-state index is 12.5. The summed E-state index contributed by atoms with van der Waals surface area (Å²) in [5.74, 6) is -2.18. The van der Waals surface area contributed by atoms with Crippen LogP contribution in [0.5, 0.6) is 0 Å². The quantitative estimate of drug-likeness (QED) is 0.445. The van der Waals surface area contributed by atoms with Crippen molar-refractivity contribution >= 4 is 35.0 Å². The van der Waals surface area contributed by atoms with Crippen molar-refractivity contribution in [3.8, 4) is 0 Å². The highest BCUT2D eigenvalue weighted by molar-refractivity contribution is 7.09. The van der Waals surface area contributed by atoms with Crippen molar-refractivity contribution in [1.29, 1.82) is 0 Å². The summed E-state index contributed by atoms with van der Waals surface area (Å²) in [6.45, 7) is 3.41. The van der Waals surface area contributed by atoms with Gasteiger partial charge >= 0.3 is 17.8 Å². The van der Waals surface area contributed by atoms with Crippen LogP contribution in [0.4, 0.5) is 4.79 Å². The van der Waals surface area contributed by atoms with Gasteiger partial charge in [0.1, 0.15) is 0 Å². The van der Waals surface area contributed by atoms with Crippen LogP contribution in [0.15, 0.2) is 35.7 Å². The summed E-state index contributed by atoms with van der Waals surface area (Å²) in [5, 5.41) is 1.91. The summed E-state index contributed by atoms with van der Waals surface area (Å²) in [5.41, 5.74) is 2.23. The van der Waals surface area contributed by atoms with E-state index in [1.54, 1.807) is 19.1 Å². The zero-order valence-electron chi connectivity index (χ0n) is 14.5. The molecule has 1 aromatic heterocycles. The van der Waals surface area contributed by atoms with Crippen molar-refractivity contribution in [1.82, 2.24) is 9.80 Å². The summed E-state index contributed by atoms with van der Waals surface area (Å²) in [7, 11) is 0. The molecule has 0 N–H and O–H groups in total. The van der Waals surface area contributed by atoms with Gasteiger partial charge < -0.3 is 0 Å². The van der Waals surface area contributed by atoms with E-state index in [0.29, 0.717) is 12.0 Å². The Morgan fingerprint density at radius 1 is 1.04 bits per heavy atom. The lowest BCUT2D eigenvalue weighted by molar-refractivity contribution is -0.143. The Hall–Kier alpha value is -2.80. The second kappa shape index (κ2) is 7.21. The smallest absolute Gasteiger partial charge is 0.292 e. The van der Waals surface area contributed by atoms with Crippen molar-refractivity contribution in [3.05, 3.63) is 57.3 Å². The number of hydrogen-bond acceptors (Lipinski definition) is 5. The predicted octanol–water partition coefficient (Wildman–Crippen LogP) is 2.58. The van der Waals surface area contributed by atoms with Gasteiger partial charge in [-0.2, -0.15) is 0 Å². The average molecular weight is 370 g/mol. The summed E-state index contributed by atoms with van der Waals surface area (Å²) >= 11 is 1.52. The number of imide groups is 2. The van der Waals surface area contributed by atoms with Crippen LogP contribution in [0.3, 0.4) is 0 Å². The first-order valence-electron chi connectivity index (χ1n) is 8.18. The summed E-state index contributed by atoms with van der Waals surface area (Å²) in [6, 6.07) is 8.39. The number of hydrogen-bond donors (Lipinski definition) is 0. The molecule has 2 heterocycles. The van der Waals surface area contributed by atoms with E-state index in [-0.39, 0.29) is 12.3 Å². The molecule has 0 atom stereocenters. The van der Waals surface area contributed by atoms with Gasteiger partial charge in [-0.25, -0.2) is 9.69 Å². The molecule has 1 aromatic carbocycles. The molecule has 0 radical (unpaired) electrons. The maximum Gasteiger partial charge on any atom is 0.334 e. The lowest BCUT2D eigenvalue weighted by Gasteiger charge is -2.15. The highest BCUT2D eigenvalue weighted by atomic mass is 32.1. The number of urea groups is 1. The normalized spacial score (nSPS) is 14.5. The summed E-state index contributed by atoms with van der Waals surface area (Å²) in [4.78, 5) is 51.9. The van der Waals surface area contributed by atoms with Crippen LogP contribution in [-0.4, -0.2) is 46.5 Å². The van der Waals surface area contributed by atoms with Crippen LogP contribution < -0.4 is 0 Å². The van der Waals surface area contributed by atoms with E-state index in [2.05, 4.69) is 0 Å². The minimum absolute atomic E-state index is 0.123. The molecule has 2 aromatic rings. The number of amides is 4. The monoisotopic (exact) mass is 370 g/mol. The van der Waals surface area contributed by atoms with Crippen LogP contribution in [0.2, 0.25) is 0 Å². The van der Waals surface area contributed by atoms with Gasteiger partial charge in [0.25, 0.3) is 0 Å². The molecule has 1 aliphatic rings. The number of Topliss-reactive ketones (excluding diaryl/α,β-unsaturated/α-hetero) is 1. The van der Waals surface area contributed by atoms with Crippen LogP contribution in [0.25, 0.3) is 0 Å². The fourth-order valence-electron chi connectivity index (χ4n) is 2.92. The van der Waals surface area contributed by atoms with Crippen LogP contribution in [0, 0.1) is 13.8 Å². The number of nitrogens with zero attached hydrogens (tertiary/aromatic N) is 2. The van der Waals surface area contributed by atoms with Crippen molar-refractivity contribution in [2.75, 3.05) is 13.1 Å². The third kappa shape index (κ3) is 3.43. The zero-order valence-corrected chi connectivity index (χ0v) is 15.3. The van der Waals surface area contributed by atoms with Gasteiger partial charge in [0.05, 0.1) is 6.54 Å². The average Bonchev–Trinajstić information content (AvgIpc) is 3.17. The standard InChI is InChI=1S/C19H18N2O4S/c1-12-5-6-15(13(2)10-12)16(22)11-21-18(24)17(23)20(19(21)25)8-7-14-4-3-9-26-14/h3-6,9-10H,7-8,11H2,1-2H3. The first-order chi connectivity index (χ1) is 12.4. The van der Waals surface area contributed by atoms with E-state index in [4.69, 9.17) is 0 Å². The molecule has 0 aliphatic carbocycles. The number of thiophene rings is 1. The SMILES string of the molecule is Cc1ccc(C(=O)CN2C(=O)C(=O)N(CCc3cccs3)C2=O)c(C)c1. The van der Waals surface area contributed by atoms with E-state index < -0.39 is 24.4 Å². The Kier molecular flexibility index (Phi) is 4.99. The first-order valence-corrected chi connectivity index (χ1v) is 9.06. The Morgan fingerprint density at radius 2 is 1.77 bits per heavy atom. The van der Waals surface area contributed by atoms with Crippen LogP contribution in [0.1, 0.15) is 26.4 Å². The lowest BCUT2D eigenvalue weighted by Crippen LogP contribution is -2.37. The molecule has 0 unspecified atom stereocenters. The van der Waals surface area contributed by atoms with E-state index in [1.807, 2.05) is 30.5 Å².